The van der Waals surface area contributed by atoms with E-state index in [4.69, 9.17) is 0 Å². The van der Waals surface area contributed by atoms with E-state index < -0.39 is 7.12 Å². The summed E-state index contributed by atoms with van der Waals surface area (Å²) in [6.07, 6.45) is 4.86. The summed E-state index contributed by atoms with van der Waals surface area (Å²) in [5.41, 5.74) is 43.1. The number of halogens is 2. The van der Waals surface area contributed by atoms with Crippen LogP contribution in [0.4, 0.5) is 51.2 Å². The Kier molecular flexibility index (Phi) is 18.6. The van der Waals surface area contributed by atoms with Crippen LogP contribution in [0, 0.1) is 0 Å². The van der Waals surface area contributed by atoms with Crippen molar-refractivity contribution in [3.05, 3.63) is 453 Å². The summed E-state index contributed by atoms with van der Waals surface area (Å²) in [5, 5.41) is 24.5. The van der Waals surface area contributed by atoms with E-state index in [9.17, 15) is 10.0 Å². The first-order valence-electron chi connectivity index (χ1n) is 44.5. The summed E-state index contributed by atoms with van der Waals surface area (Å²) in [4.78, 5) is 7.02. The third-order valence-corrected chi connectivity index (χ3v) is 30.2. The molecule has 0 heterocycles. The van der Waals surface area contributed by atoms with Crippen molar-refractivity contribution >= 4 is 117 Å². The molecule has 0 radical (unpaired) electrons. The molecule has 25 rings (SSSR count). The standard InChI is InChI=1S/C73H56N2.C27H24BNO2.C19H12Br2/c1-71(2)64-23-13-11-20-57(64)59-38-35-54(45-67(59)71)74(50-16-7-5-8-17-50)52-31-26-47(27-32-52)49-30-37-61-63-41-40-56(62-22-15-25-66(70(62)63)73(42-43-73)69(61)44-49)48-28-33-53(34-29-48)75(51-18-9-6-10-19-51)55-36-39-60-58-21-12-14-24-65(58)72(3,4)68(60)46-55;1-27(2)25-11-7-6-10-23(25)24-17-16-22(18-26(24)27)29(20-8-4-3-5-9-20)21-14-12-19(13-15-21)28(30)31;20-11-4-5-12-13-6-7-17(21)14-2-1-3-15(18(13)14)19(8-9-19)16(12)10-11/h5-41,44-46H,42-43H2,1-4H3;3-18,30-31H,1-2H3;1-7,10H,8-9H2. The molecule has 7 aliphatic rings. The molecule has 8 heteroatoms. The normalized spacial score (nSPS) is 15.0. The lowest BCUT2D eigenvalue weighted by atomic mass is 9.73. The van der Waals surface area contributed by atoms with Crippen LogP contribution >= 0.6 is 31.9 Å². The molecule has 0 aliphatic heterocycles. The largest absolute Gasteiger partial charge is 0.488 e. The lowest BCUT2D eigenvalue weighted by molar-refractivity contribution is 0.426. The van der Waals surface area contributed by atoms with Crippen molar-refractivity contribution in [3.8, 4) is 77.9 Å². The van der Waals surface area contributed by atoms with E-state index in [1.54, 1.807) is 12.1 Å². The Morgan fingerprint density at radius 3 is 0.969 bits per heavy atom. The van der Waals surface area contributed by atoms with Gasteiger partial charge in [0.2, 0.25) is 0 Å². The van der Waals surface area contributed by atoms with Crippen molar-refractivity contribution in [2.24, 2.45) is 0 Å². The van der Waals surface area contributed by atoms with Gasteiger partial charge in [-0.2, -0.15) is 0 Å². The second-order valence-electron chi connectivity index (χ2n) is 37.1. The van der Waals surface area contributed by atoms with Crippen molar-refractivity contribution in [2.45, 2.75) is 94.3 Å². The SMILES string of the molecule is Brc1ccc2c(c1)C1(CC1)c1cccc3c(Br)ccc-2c13.CC1(C)c2ccccc2-c2ccc(N(c3ccccc3)c3ccc(-c4ccc5c(c4)C4(CC4)c4cccc6c(-c7ccc(N(c8ccccc8)c8ccc9c(c8)C(C)(C)c8ccccc8-9)cc7)ccc-5c46)cc3)cc21.CC1(C)c2ccccc2-c2ccc(N(c3ccccc3)c3ccc(B(O)O)cc3)cc21. The second kappa shape index (κ2) is 30.0. The van der Waals surface area contributed by atoms with E-state index in [1.165, 1.54) is 188 Å². The van der Waals surface area contributed by atoms with Gasteiger partial charge < -0.3 is 24.7 Å². The zero-order chi connectivity index (χ0) is 86.0. The topological polar surface area (TPSA) is 50.2 Å². The molecule has 2 N–H and O–H groups in total. The van der Waals surface area contributed by atoms with Gasteiger partial charge in [0.25, 0.3) is 0 Å². The van der Waals surface area contributed by atoms with Crippen LogP contribution in [0.15, 0.2) is 397 Å². The highest BCUT2D eigenvalue weighted by atomic mass is 79.9. The Labute approximate surface area is 761 Å². The number of nitrogens with zero attached hydrogens (tertiary/aromatic N) is 3. The molecule has 0 bridgehead atoms. The predicted octanol–water partition coefficient (Wildman–Crippen LogP) is 31.4. The average molecular weight is 1770 g/mol. The lowest BCUT2D eigenvalue weighted by Gasteiger charge is -2.30. The Hall–Kier alpha value is -13.2. The van der Waals surface area contributed by atoms with E-state index in [1.807, 2.05) is 30.3 Å². The van der Waals surface area contributed by atoms with Gasteiger partial charge in [0, 0.05) is 87.2 Å². The van der Waals surface area contributed by atoms with E-state index >= 15 is 0 Å². The van der Waals surface area contributed by atoms with Crippen molar-refractivity contribution in [1.29, 1.82) is 0 Å². The van der Waals surface area contributed by atoms with Crippen LogP contribution in [0.25, 0.3) is 99.4 Å². The fourth-order valence-electron chi connectivity index (χ4n) is 22.4. The summed E-state index contributed by atoms with van der Waals surface area (Å²) in [6.45, 7) is 14.0. The average Bonchev–Trinajstić information content (AvgIpc) is 1.55. The number of rotatable bonds is 12. The van der Waals surface area contributed by atoms with Gasteiger partial charge in [0.1, 0.15) is 0 Å². The van der Waals surface area contributed by atoms with Crippen LogP contribution in [0.5, 0.6) is 0 Å². The zero-order valence-electron chi connectivity index (χ0n) is 71.8. The number of anilines is 9. The molecule has 2 fully saturated rings. The molecule has 2 spiro atoms. The zero-order valence-corrected chi connectivity index (χ0v) is 75.0. The maximum Gasteiger partial charge on any atom is 0.488 e. The third kappa shape index (κ3) is 12.7. The Morgan fingerprint density at radius 2 is 0.535 bits per heavy atom. The van der Waals surface area contributed by atoms with Crippen LogP contribution in [0.1, 0.15) is 123 Å². The van der Waals surface area contributed by atoms with E-state index in [2.05, 4.69) is 434 Å². The molecule has 18 aromatic carbocycles. The monoisotopic (exact) mass is 1760 g/mol. The first-order valence-corrected chi connectivity index (χ1v) is 46.1. The fourth-order valence-corrected chi connectivity index (χ4v) is 23.2. The lowest BCUT2D eigenvalue weighted by Crippen LogP contribution is -2.29. The Bertz CT molecular complexity index is 7480. The highest BCUT2D eigenvalue weighted by molar-refractivity contribution is 9.11. The minimum absolute atomic E-state index is 0.0212. The van der Waals surface area contributed by atoms with Gasteiger partial charge in [0.05, 0.1) is 0 Å². The van der Waals surface area contributed by atoms with Crippen molar-refractivity contribution in [2.75, 3.05) is 14.7 Å². The minimum Gasteiger partial charge on any atom is -0.423 e. The second-order valence-corrected chi connectivity index (χ2v) is 38.9. The summed E-state index contributed by atoms with van der Waals surface area (Å²) in [7, 11) is -1.47. The van der Waals surface area contributed by atoms with Crippen molar-refractivity contribution in [3.63, 3.8) is 0 Å². The molecule has 0 atom stereocenters. The first-order chi connectivity index (χ1) is 61.8. The van der Waals surface area contributed by atoms with Crippen LogP contribution in [0.2, 0.25) is 0 Å². The maximum absolute atomic E-state index is 9.48. The Morgan fingerprint density at radius 1 is 0.228 bits per heavy atom. The summed E-state index contributed by atoms with van der Waals surface area (Å²) < 4.78 is 2.37. The highest BCUT2D eigenvalue weighted by Gasteiger charge is 2.52. The van der Waals surface area contributed by atoms with Crippen LogP contribution in [-0.4, -0.2) is 17.2 Å². The maximum atomic E-state index is 9.48. The number of para-hydroxylation sites is 3. The van der Waals surface area contributed by atoms with E-state index in [-0.39, 0.29) is 27.1 Å². The van der Waals surface area contributed by atoms with Crippen molar-refractivity contribution < 1.29 is 10.0 Å². The first kappa shape index (κ1) is 78.5. The van der Waals surface area contributed by atoms with Crippen molar-refractivity contribution in [1.82, 2.24) is 0 Å². The Balaban J connectivity index is 0.000000144. The van der Waals surface area contributed by atoms with Gasteiger partial charge >= 0.3 is 7.12 Å². The van der Waals surface area contributed by atoms with Gasteiger partial charge in [-0.05, 0) is 320 Å². The van der Waals surface area contributed by atoms with Crippen LogP contribution < -0.4 is 20.2 Å². The van der Waals surface area contributed by atoms with Gasteiger partial charge in [-0.15, -0.1) is 0 Å². The smallest absolute Gasteiger partial charge is 0.423 e. The highest BCUT2D eigenvalue weighted by Crippen LogP contribution is 2.65. The minimum atomic E-state index is -1.47. The molecule has 0 amide bonds. The molecule has 612 valence electrons. The predicted molar refractivity (Wildman–Crippen MR) is 538 cm³/mol. The van der Waals surface area contributed by atoms with Gasteiger partial charge in [-0.3, -0.25) is 0 Å². The number of hydrogen-bond acceptors (Lipinski definition) is 5. The molecule has 2 saturated carbocycles. The van der Waals surface area contributed by atoms with E-state index in [0.29, 0.717) is 5.46 Å². The van der Waals surface area contributed by atoms with Gasteiger partial charge in [0.15, 0.2) is 0 Å². The molecule has 0 aromatic heterocycles. The fraction of sp³-hybridized carbons (Fsp3) is 0.126. The molecule has 0 saturated heterocycles. The molecule has 127 heavy (non-hydrogen) atoms. The van der Waals surface area contributed by atoms with Gasteiger partial charge in [-0.1, -0.05) is 328 Å². The van der Waals surface area contributed by atoms with E-state index in [0.717, 1.165) is 52.7 Å². The number of fused-ring (bicyclic) bond motifs is 17. The van der Waals surface area contributed by atoms with Crippen LogP contribution in [-0.2, 0) is 27.1 Å². The number of benzene rings is 18. The third-order valence-electron chi connectivity index (χ3n) is 29.0. The quantitative estimate of drug-likeness (QED) is 0.119. The van der Waals surface area contributed by atoms with Crippen LogP contribution in [0.3, 0.4) is 0 Å². The number of hydrogen-bond donors (Lipinski definition) is 2. The summed E-state index contributed by atoms with van der Waals surface area (Å²) in [5.74, 6) is 0. The summed E-state index contributed by atoms with van der Waals surface area (Å²) >= 11 is 7.37. The molecular formula is C119H92BBr2N3O2. The molecule has 0 unspecified atom stereocenters. The molecular weight excluding hydrogens is 1670 g/mol. The summed E-state index contributed by atoms with van der Waals surface area (Å²) in [6, 6.07) is 142. The molecule has 18 aromatic rings. The molecule has 5 nitrogen and oxygen atoms in total. The molecule has 7 aliphatic carbocycles. The van der Waals surface area contributed by atoms with Gasteiger partial charge in [-0.25, -0.2) is 0 Å².